The minimum atomic E-state index is -3.50. The molecular formula is C17H21N7O2S. The van der Waals surface area contributed by atoms with Crippen LogP contribution in [0, 0.1) is 5.92 Å². The van der Waals surface area contributed by atoms with Crippen LogP contribution in [-0.4, -0.2) is 55.8 Å². The SMILES string of the molecule is CCn1cc(S(=O)(=O)N2CCC(Cc3nc(-c4cccnc4)n[nH]3)C2)cn1. The maximum absolute atomic E-state index is 12.8. The van der Waals surface area contributed by atoms with Gasteiger partial charge in [0, 0.05) is 50.2 Å². The summed E-state index contributed by atoms with van der Waals surface area (Å²) in [4.78, 5) is 8.84. The van der Waals surface area contributed by atoms with Crippen LogP contribution in [0.1, 0.15) is 19.2 Å². The monoisotopic (exact) mass is 387 g/mol. The van der Waals surface area contributed by atoms with Gasteiger partial charge < -0.3 is 0 Å². The summed E-state index contributed by atoms with van der Waals surface area (Å²) in [5.74, 6) is 1.57. The molecule has 0 bridgehead atoms. The molecule has 4 heterocycles. The van der Waals surface area contributed by atoms with E-state index in [0.29, 0.717) is 31.9 Å². The minimum Gasteiger partial charge on any atom is -0.272 e. The lowest BCUT2D eigenvalue weighted by Gasteiger charge is -2.15. The van der Waals surface area contributed by atoms with E-state index in [-0.39, 0.29) is 10.8 Å². The zero-order valence-corrected chi connectivity index (χ0v) is 15.8. The third-order valence-electron chi connectivity index (χ3n) is 4.75. The maximum Gasteiger partial charge on any atom is 0.246 e. The van der Waals surface area contributed by atoms with Gasteiger partial charge >= 0.3 is 0 Å². The second kappa shape index (κ2) is 7.20. The Balaban J connectivity index is 1.42. The number of pyridine rings is 1. The summed E-state index contributed by atoms with van der Waals surface area (Å²) in [5, 5.41) is 11.3. The number of sulfonamides is 1. The van der Waals surface area contributed by atoms with Crippen molar-refractivity contribution in [3.63, 3.8) is 0 Å². The van der Waals surface area contributed by atoms with Gasteiger partial charge in [-0.15, -0.1) is 0 Å². The van der Waals surface area contributed by atoms with E-state index < -0.39 is 10.0 Å². The van der Waals surface area contributed by atoms with Crippen molar-refractivity contribution >= 4 is 10.0 Å². The summed E-state index contributed by atoms with van der Waals surface area (Å²) in [6.07, 6.45) is 7.88. The zero-order valence-electron chi connectivity index (χ0n) is 15.0. The summed E-state index contributed by atoms with van der Waals surface area (Å²) in [6.45, 7) is 3.55. The van der Waals surface area contributed by atoms with Gasteiger partial charge in [-0.05, 0) is 31.4 Å². The largest absolute Gasteiger partial charge is 0.272 e. The van der Waals surface area contributed by atoms with Gasteiger partial charge in [-0.2, -0.15) is 14.5 Å². The van der Waals surface area contributed by atoms with E-state index >= 15 is 0 Å². The van der Waals surface area contributed by atoms with E-state index in [1.807, 2.05) is 19.1 Å². The first-order valence-electron chi connectivity index (χ1n) is 8.90. The summed E-state index contributed by atoms with van der Waals surface area (Å²) in [5.41, 5.74) is 0.851. The van der Waals surface area contributed by atoms with E-state index in [4.69, 9.17) is 0 Å². The molecule has 0 spiro atoms. The van der Waals surface area contributed by atoms with Crippen LogP contribution in [0.2, 0.25) is 0 Å². The van der Waals surface area contributed by atoms with Crippen LogP contribution >= 0.6 is 0 Å². The number of aromatic nitrogens is 6. The van der Waals surface area contributed by atoms with Crippen LogP contribution in [0.15, 0.2) is 41.8 Å². The van der Waals surface area contributed by atoms with E-state index in [2.05, 4.69) is 25.3 Å². The number of H-pyrrole nitrogens is 1. The fourth-order valence-corrected chi connectivity index (χ4v) is 4.75. The second-order valence-electron chi connectivity index (χ2n) is 6.60. The van der Waals surface area contributed by atoms with Gasteiger partial charge in [-0.3, -0.25) is 14.8 Å². The van der Waals surface area contributed by atoms with Gasteiger partial charge in [0.05, 0.1) is 6.20 Å². The average molecular weight is 387 g/mol. The molecule has 142 valence electrons. The van der Waals surface area contributed by atoms with Crippen LogP contribution in [-0.2, 0) is 23.0 Å². The molecule has 4 rings (SSSR count). The molecule has 0 amide bonds. The molecule has 3 aromatic heterocycles. The average Bonchev–Trinajstić information content (AvgIpc) is 3.43. The molecule has 0 saturated carbocycles. The van der Waals surface area contributed by atoms with Gasteiger partial charge in [-0.1, -0.05) is 0 Å². The predicted molar refractivity (Wildman–Crippen MR) is 98.1 cm³/mol. The topological polar surface area (TPSA) is 110 Å². The van der Waals surface area contributed by atoms with Crippen LogP contribution in [0.5, 0.6) is 0 Å². The quantitative estimate of drug-likeness (QED) is 0.683. The van der Waals surface area contributed by atoms with Crippen molar-refractivity contribution in [1.29, 1.82) is 0 Å². The Hall–Kier alpha value is -2.59. The molecule has 1 unspecified atom stereocenters. The highest BCUT2D eigenvalue weighted by Gasteiger charge is 2.33. The molecule has 3 aromatic rings. The standard InChI is InChI=1S/C17H21N7O2S/c1-2-23-12-15(10-19-23)27(25,26)24-7-5-13(11-24)8-16-20-17(22-21-16)14-4-3-6-18-9-14/h3-4,6,9-10,12-13H,2,5,7-8,11H2,1H3,(H,20,21,22). The lowest BCUT2D eigenvalue weighted by atomic mass is 10.1. The normalized spacial score (nSPS) is 18.2. The zero-order chi connectivity index (χ0) is 18.9. The minimum absolute atomic E-state index is 0.204. The number of aromatic amines is 1. The Kier molecular flexibility index (Phi) is 4.75. The molecule has 1 atom stereocenters. The van der Waals surface area contributed by atoms with Crippen LogP contribution in [0.4, 0.5) is 0 Å². The maximum atomic E-state index is 12.8. The summed E-state index contributed by atoms with van der Waals surface area (Å²) < 4.78 is 28.7. The lowest BCUT2D eigenvalue weighted by Crippen LogP contribution is -2.29. The number of aryl methyl sites for hydroxylation is 1. The summed E-state index contributed by atoms with van der Waals surface area (Å²) in [6, 6.07) is 3.74. The fraction of sp³-hybridized carbons (Fsp3) is 0.412. The highest BCUT2D eigenvalue weighted by molar-refractivity contribution is 7.89. The molecule has 1 fully saturated rings. The Labute approximate surface area is 157 Å². The first-order valence-corrected chi connectivity index (χ1v) is 10.3. The number of nitrogens with one attached hydrogen (secondary N) is 1. The first kappa shape index (κ1) is 17.8. The molecule has 0 radical (unpaired) electrons. The molecule has 10 heteroatoms. The van der Waals surface area contributed by atoms with Gasteiger partial charge in [0.2, 0.25) is 10.0 Å². The van der Waals surface area contributed by atoms with Crippen molar-refractivity contribution in [2.75, 3.05) is 13.1 Å². The van der Waals surface area contributed by atoms with Crippen molar-refractivity contribution in [3.05, 3.63) is 42.7 Å². The molecule has 1 aliphatic rings. The molecule has 0 aliphatic carbocycles. The Morgan fingerprint density at radius 2 is 2.22 bits per heavy atom. The van der Waals surface area contributed by atoms with E-state index in [1.54, 1.807) is 23.3 Å². The molecule has 0 aromatic carbocycles. The smallest absolute Gasteiger partial charge is 0.246 e. The van der Waals surface area contributed by atoms with Gasteiger partial charge in [0.1, 0.15) is 10.7 Å². The number of hydrogen-bond donors (Lipinski definition) is 1. The Morgan fingerprint density at radius 1 is 1.33 bits per heavy atom. The second-order valence-corrected chi connectivity index (χ2v) is 8.54. The van der Waals surface area contributed by atoms with Crippen molar-refractivity contribution in [3.8, 4) is 11.4 Å². The Morgan fingerprint density at radius 3 is 2.96 bits per heavy atom. The number of nitrogens with zero attached hydrogens (tertiary/aromatic N) is 6. The molecule has 27 heavy (non-hydrogen) atoms. The van der Waals surface area contributed by atoms with E-state index in [9.17, 15) is 8.42 Å². The van der Waals surface area contributed by atoms with Crippen molar-refractivity contribution in [2.45, 2.75) is 31.2 Å². The molecular weight excluding hydrogens is 366 g/mol. The highest BCUT2D eigenvalue weighted by atomic mass is 32.2. The number of hydrogen-bond acceptors (Lipinski definition) is 6. The molecule has 1 N–H and O–H groups in total. The van der Waals surface area contributed by atoms with Gasteiger partial charge in [0.25, 0.3) is 0 Å². The first-order chi connectivity index (χ1) is 13.1. The third-order valence-corrected chi connectivity index (χ3v) is 6.57. The van der Waals surface area contributed by atoms with Crippen molar-refractivity contribution < 1.29 is 8.42 Å². The lowest BCUT2D eigenvalue weighted by molar-refractivity contribution is 0.453. The number of rotatable bonds is 6. The highest BCUT2D eigenvalue weighted by Crippen LogP contribution is 2.26. The predicted octanol–water partition coefficient (Wildman–Crippen LogP) is 1.34. The summed E-state index contributed by atoms with van der Waals surface area (Å²) in [7, 11) is -3.50. The van der Waals surface area contributed by atoms with Crippen molar-refractivity contribution in [1.82, 2.24) is 34.3 Å². The summed E-state index contributed by atoms with van der Waals surface area (Å²) >= 11 is 0. The van der Waals surface area contributed by atoms with Gasteiger partial charge in [-0.25, -0.2) is 13.4 Å². The van der Waals surface area contributed by atoms with Crippen LogP contribution < -0.4 is 0 Å². The molecule has 1 aliphatic heterocycles. The van der Waals surface area contributed by atoms with Gasteiger partial charge in [0.15, 0.2) is 5.82 Å². The van der Waals surface area contributed by atoms with Crippen LogP contribution in [0.25, 0.3) is 11.4 Å². The fourth-order valence-electron chi connectivity index (χ4n) is 3.27. The Bertz CT molecular complexity index is 1010. The van der Waals surface area contributed by atoms with Crippen LogP contribution in [0.3, 0.4) is 0 Å². The van der Waals surface area contributed by atoms with Crippen molar-refractivity contribution in [2.24, 2.45) is 5.92 Å². The van der Waals surface area contributed by atoms with E-state index in [0.717, 1.165) is 17.8 Å². The molecule has 1 saturated heterocycles. The third kappa shape index (κ3) is 3.62. The molecule has 9 nitrogen and oxygen atoms in total. The van der Waals surface area contributed by atoms with E-state index in [1.165, 1.54) is 10.5 Å².